The van der Waals surface area contributed by atoms with E-state index in [4.69, 9.17) is 15.3 Å². The molecule has 0 heterocycles. The zero-order chi connectivity index (χ0) is 12.0. The van der Waals surface area contributed by atoms with Crippen molar-refractivity contribution in [2.75, 3.05) is 18.6 Å². The van der Waals surface area contributed by atoms with E-state index in [0.29, 0.717) is 30.2 Å². The number of esters is 1. The van der Waals surface area contributed by atoms with Crippen molar-refractivity contribution < 1.29 is 14.3 Å². The molecule has 0 aromatic heterocycles. The number of carbonyl (C=O) groups excluding carboxylic acids is 1. The Morgan fingerprint density at radius 2 is 2.12 bits per heavy atom. The molecule has 0 spiro atoms. The van der Waals surface area contributed by atoms with Gasteiger partial charge in [-0.05, 0) is 26.0 Å². The first-order chi connectivity index (χ1) is 7.72. The number of carbonyl (C=O) groups is 1. The minimum Gasteiger partial charge on any atom is -0.494 e. The van der Waals surface area contributed by atoms with Crippen LogP contribution in [0.1, 0.15) is 24.2 Å². The van der Waals surface area contributed by atoms with E-state index >= 15 is 0 Å². The van der Waals surface area contributed by atoms with Crippen molar-refractivity contribution >= 4 is 11.7 Å². The molecular formula is C11H16N2O3. The van der Waals surface area contributed by atoms with E-state index in [0.717, 1.165) is 0 Å². The van der Waals surface area contributed by atoms with Gasteiger partial charge >= 0.3 is 5.97 Å². The fourth-order valence-electron chi connectivity index (χ4n) is 1.29. The Hall–Kier alpha value is -1.75. The van der Waals surface area contributed by atoms with Crippen molar-refractivity contribution in [3.05, 3.63) is 23.8 Å². The minimum atomic E-state index is -0.404. The Kier molecular flexibility index (Phi) is 4.60. The molecule has 1 rings (SSSR count). The summed E-state index contributed by atoms with van der Waals surface area (Å²) in [4.78, 5) is 11.5. The Bertz CT molecular complexity index is 366. The van der Waals surface area contributed by atoms with Gasteiger partial charge < -0.3 is 14.9 Å². The number of nitrogens with one attached hydrogen (secondary N) is 1. The first-order valence-corrected chi connectivity index (χ1v) is 5.13. The zero-order valence-corrected chi connectivity index (χ0v) is 9.45. The molecule has 88 valence electrons. The molecule has 0 saturated heterocycles. The third kappa shape index (κ3) is 2.87. The summed E-state index contributed by atoms with van der Waals surface area (Å²) >= 11 is 0. The molecule has 0 aliphatic rings. The van der Waals surface area contributed by atoms with Crippen LogP contribution in [0.4, 0.5) is 5.69 Å². The Labute approximate surface area is 94.5 Å². The molecule has 5 heteroatoms. The van der Waals surface area contributed by atoms with Crippen LogP contribution in [0.25, 0.3) is 0 Å². The number of hydrogen-bond acceptors (Lipinski definition) is 5. The molecule has 0 aliphatic heterocycles. The van der Waals surface area contributed by atoms with E-state index in [9.17, 15) is 4.79 Å². The number of nitrogen functional groups attached to an aromatic ring is 1. The van der Waals surface area contributed by atoms with E-state index in [1.807, 2.05) is 6.92 Å². The highest BCUT2D eigenvalue weighted by molar-refractivity contribution is 5.95. The van der Waals surface area contributed by atoms with Gasteiger partial charge in [-0.2, -0.15) is 0 Å². The van der Waals surface area contributed by atoms with Gasteiger partial charge in [0, 0.05) is 6.07 Å². The Morgan fingerprint density at radius 3 is 2.69 bits per heavy atom. The van der Waals surface area contributed by atoms with Crippen LogP contribution < -0.4 is 16.0 Å². The Morgan fingerprint density at radius 1 is 1.38 bits per heavy atom. The third-order valence-electron chi connectivity index (χ3n) is 1.95. The smallest absolute Gasteiger partial charge is 0.340 e. The number of anilines is 1. The summed E-state index contributed by atoms with van der Waals surface area (Å²) in [5.41, 5.74) is 3.34. The number of rotatable bonds is 5. The summed E-state index contributed by atoms with van der Waals surface area (Å²) in [7, 11) is 0. The molecule has 0 atom stereocenters. The molecular weight excluding hydrogens is 208 g/mol. The van der Waals surface area contributed by atoms with Gasteiger partial charge in [0.1, 0.15) is 5.75 Å². The highest BCUT2D eigenvalue weighted by Gasteiger charge is 2.12. The maximum Gasteiger partial charge on any atom is 0.340 e. The second-order valence-corrected chi connectivity index (χ2v) is 3.01. The van der Waals surface area contributed by atoms with Crippen LogP contribution in [0, 0.1) is 0 Å². The summed E-state index contributed by atoms with van der Waals surface area (Å²) in [6, 6.07) is 4.99. The second-order valence-electron chi connectivity index (χ2n) is 3.01. The van der Waals surface area contributed by atoms with E-state index < -0.39 is 5.97 Å². The monoisotopic (exact) mass is 224 g/mol. The lowest BCUT2D eigenvalue weighted by Crippen LogP contribution is -2.14. The van der Waals surface area contributed by atoms with Crippen LogP contribution in [0.5, 0.6) is 5.75 Å². The quantitative estimate of drug-likeness (QED) is 0.451. The lowest BCUT2D eigenvalue weighted by molar-refractivity contribution is 0.0527. The molecule has 0 bridgehead atoms. The molecule has 1 aromatic rings. The van der Waals surface area contributed by atoms with E-state index in [2.05, 4.69) is 5.43 Å². The summed E-state index contributed by atoms with van der Waals surface area (Å²) in [5, 5.41) is 0. The number of hydrazine groups is 1. The SMILES string of the molecule is CCOC(=O)c1ccc(OCC)cc1NN. The molecule has 0 aliphatic carbocycles. The normalized spacial score (nSPS) is 9.69. The van der Waals surface area contributed by atoms with Gasteiger partial charge in [-0.1, -0.05) is 0 Å². The molecule has 1 aromatic carbocycles. The number of ether oxygens (including phenoxy) is 2. The van der Waals surface area contributed by atoms with Crippen molar-refractivity contribution in [1.29, 1.82) is 0 Å². The lowest BCUT2D eigenvalue weighted by Gasteiger charge is -2.10. The first kappa shape index (κ1) is 12.3. The summed E-state index contributed by atoms with van der Waals surface area (Å²) in [6.07, 6.45) is 0. The van der Waals surface area contributed by atoms with Crippen LogP contribution in [0.3, 0.4) is 0 Å². The standard InChI is InChI=1S/C11H16N2O3/c1-3-15-8-5-6-9(10(7-8)13-12)11(14)16-4-2/h5-7,13H,3-4,12H2,1-2H3. The fourth-order valence-corrected chi connectivity index (χ4v) is 1.29. The van der Waals surface area contributed by atoms with Crippen molar-refractivity contribution in [2.45, 2.75) is 13.8 Å². The summed E-state index contributed by atoms with van der Waals surface area (Å²) in [5.74, 6) is 5.59. The van der Waals surface area contributed by atoms with Crippen LogP contribution >= 0.6 is 0 Å². The highest BCUT2D eigenvalue weighted by Crippen LogP contribution is 2.22. The second kappa shape index (κ2) is 5.97. The molecule has 0 saturated carbocycles. The summed E-state index contributed by atoms with van der Waals surface area (Å²) in [6.45, 7) is 4.52. The highest BCUT2D eigenvalue weighted by atomic mass is 16.5. The fraction of sp³-hybridized carbons (Fsp3) is 0.364. The molecule has 0 unspecified atom stereocenters. The molecule has 0 fully saturated rings. The Balaban J connectivity index is 2.96. The van der Waals surface area contributed by atoms with Crippen molar-refractivity contribution in [2.24, 2.45) is 5.84 Å². The maximum absolute atomic E-state index is 11.5. The van der Waals surface area contributed by atoms with E-state index in [-0.39, 0.29) is 0 Å². The van der Waals surface area contributed by atoms with Crippen molar-refractivity contribution in [3.63, 3.8) is 0 Å². The molecule has 0 amide bonds. The molecule has 5 nitrogen and oxygen atoms in total. The van der Waals surface area contributed by atoms with Crippen molar-refractivity contribution in [1.82, 2.24) is 0 Å². The van der Waals surface area contributed by atoms with Crippen molar-refractivity contribution in [3.8, 4) is 5.75 Å². The van der Waals surface area contributed by atoms with Crippen LogP contribution in [0.2, 0.25) is 0 Å². The largest absolute Gasteiger partial charge is 0.494 e. The lowest BCUT2D eigenvalue weighted by atomic mass is 10.1. The van der Waals surface area contributed by atoms with Gasteiger partial charge in [0.25, 0.3) is 0 Å². The van der Waals surface area contributed by atoms with Crippen LogP contribution in [0.15, 0.2) is 18.2 Å². The van der Waals surface area contributed by atoms with Gasteiger partial charge in [-0.3, -0.25) is 5.84 Å². The van der Waals surface area contributed by atoms with Gasteiger partial charge in [0.05, 0.1) is 24.5 Å². The molecule has 16 heavy (non-hydrogen) atoms. The van der Waals surface area contributed by atoms with Gasteiger partial charge in [0.15, 0.2) is 0 Å². The third-order valence-corrected chi connectivity index (χ3v) is 1.95. The summed E-state index contributed by atoms with van der Waals surface area (Å²) < 4.78 is 10.2. The predicted octanol–water partition coefficient (Wildman–Crippen LogP) is 1.55. The predicted molar refractivity (Wildman–Crippen MR) is 61.4 cm³/mol. The number of hydrogen-bond donors (Lipinski definition) is 2. The first-order valence-electron chi connectivity index (χ1n) is 5.13. The van der Waals surface area contributed by atoms with E-state index in [1.54, 1.807) is 25.1 Å². The van der Waals surface area contributed by atoms with Gasteiger partial charge in [-0.15, -0.1) is 0 Å². The average molecular weight is 224 g/mol. The topological polar surface area (TPSA) is 73.6 Å². The zero-order valence-electron chi connectivity index (χ0n) is 9.45. The van der Waals surface area contributed by atoms with Crippen LogP contribution in [-0.4, -0.2) is 19.2 Å². The average Bonchev–Trinajstić information content (AvgIpc) is 2.29. The van der Waals surface area contributed by atoms with E-state index in [1.165, 1.54) is 0 Å². The number of nitrogens with two attached hydrogens (primary N) is 1. The van der Waals surface area contributed by atoms with Gasteiger partial charge in [-0.25, -0.2) is 4.79 Å². The minimum absolute atomic E-state index is 0.329. The number of benzene rings is 1. The maximum atomic E-state index is 11.5. The van der Waals surface area contributed by atoms with Crippen LogP contribution in [-0.2, 0) is 4.74 Å². The van der Waals surface area contributed by atoms with Gasteiger partial charge in [0.2, 0.25) is 0 Å². The molecule has 0 radical (unpaired) electrons. The molecule has 3 N–H and O–H groups in total.